The lowest BCUT2D eigenvalue weighted by Crippen LogP contribution is -2.50. The van der Waals surface area contributed by atoms with Gasteiger partial charge in [0.25, 0.3) is 0 Å². The number of nitrogens with zero attached hydrogens (tertiary/aromatic N) is 3. The van der Waals surface area contributed by atoms with Gasteiger partial charge in [-0.3, -0.25) is 4.79 Å². The Bertz CT molecular complexity index is 1130. The van der Waals surface area contributed by atoms with Crippen LogP contribution in [0.15, 0.2) is 47.5 Å². The van der Waals surface area contributed by atoms with Gasteiger partial charge in [0.1, 0.15) is 17.8 Å². The van der Waals surface area contributed by atoms with Gasteiger partial charge in [0.2, 0.25) is 15.9 Å². The van der Waals surface area contributed by atoms with Crippen molar-refractivity contribution in [3.05, 3.63) is 53.9 Å². The van der Waals surface area contributed by atoms with Gasteiger partial charge < -0.3 is 14.2 Å². The minimum Gasteiger partial charge on any atom is -0.465 e. The first kappa shape index (κ1) is 24.5. The maximum atomic E-state index is 13.3. The Balaban J connectivity index is 1.80. The molecule has 10 heteroatoms. The van der Waals surface area contributed by atoms with E-state index in [4.69, 9.17) is 0 Å². The molecule has 1 aromatic carbocycles. The van der Waals surface area contributed by atoms with Gasteiger partial charge in [0.05, 0.1) is 17.6 Å². The van der Waals surface area contributed by atoms with Gasteiger partial charge in [-0.05, 0) is 61.6 Å². The highest BCUT2D eigenvalue weighted by Crippen LogP contribution is 2.19. The Morgan fingerprint density at radius 1 is 1.21 bits per heavy atom. The number of carbonyl (C=O) groups excluding carboxylic acids is 2. The van der Waals surface area contributed by atoms with E-state index in [1.54, 1.807) is 27.8 Å². The fourth-order valence-corrected chi connectivity index (χ4v) is 5.03. The molecule has 1 aliphatic heterocycles. The van der Waals surface area contributed by atoms with Crippen molar-refractivity contribution in [1.29, 1.82) is 5.26 Å². The van der Waals surface area contributed by atoms with Gasteiger partial charge in [-0.25, -0.2) is 13.2 Å². The first-order valence-electron chi connectivity index (χ1n) is 10.8. The smallest absolute Gasteiger partial charge is 0.337 e. The lowest BCUT2D eigenvalue weighted by atomic mass is 9.98. The van der Waals surface area contributed by atoms with Crippen LogP contribution in [0.1, 0.15) is 42.2 Å². The molecular weight excluding hydrogens is 444 g/mol. The molecule has 0 bridgehead atoms. The van der Waals surface area contributed by atoms with Crippen LogP contribution in [0, 0.1) is 17.2 Å². The van der Waals surface area contributed by atoms with Crippen LogP contribution in [0.5, 0.6) is 0 Å². The monoisotopic (exact) mass is 472 g/mol. The number of ether oxygens (including phenoxy) is 1. The van der Waals surface area contributed by atoms with E-state index in [0.29, 0.717) is 31.2 Å². The van der Waals surface area contributed by atoms with E-state index < -0.39 is 22.0 Å². The second-order valence-corrected chi connectivity index (χ2v) is 9.90. The molecule has 1 atom stereocenters. The summed E-state index contributed by atoms with van der Waals surface area (Å²) >= 11 is 0. The number of benzene rings is 1. The fraction of sp³-hybridized carbons (Fsp3) is 0.435. The van der Waals surface area contributed by atoms with Crippen molar-refractivity contribution in [1.82, 2.24) is 14.2 Å². The van der Waals surface area contributed by atoms with Crippen molar-refractivity contribution >= 4 is 21.9 Å². The molecule has 176 valence electrons. The summed E-state index contributed by atoms with van der Waals surface area (Å²) < 4.78 is 35.0. The van der Waals surface area contributed by atoms with Gasteiger partial charge in [0.15, 0.2) is 0 Å². The van der Waals surface area contributed by atoms with E-state index in [-0.39, 0.29) is 22.8 Å². The number of sulfonamides is 1. The summed E-state index contributed by atoms with van der Waals surface area (Å²) in [4.78, 5) is 26.5. The van der Waals surface area contributed by atoms with E-state index in [0.717, 1.165) is 12.8 Å². The zero-order valence-electron chi connectivity index (χ0n) is 18.7. The number of methoxy groups -OCH3 is 1. The second-order valence-electron chi connectivity index (χ2n) is 8.18. The van der Waals surface area contributed by atoms with Crippen molar-refractivity contribution < 1.29 is 22.7 Å². The van der Waals surface area contributed by atoms with Crippen molar-refractivity contribution in [3.63, 3.8) is 0 Å². The van der Waals surface area contributed by atoms with Crippen molar-refractivity contribution in [2.75, 3.05) is 20.2 Å². The quantitative estimate of drug-likeness (QED) is 0.588. The number of hydrogen-bond acceptors (Lipinski definition) is 6. The average molecular weight is 473 g/mol. The highest BCUT2D eigenvalue weighted by molar-refractivity contribution is 7.89. The predicted molar refractivity (Wildman–Crippen MR) is 121 cm³/mol. The molecule has 1 fully saturated rings. The molecule has 1 aliphatic rings. The molecule has 1 unspecified atom stereocenters. The molecule has 9 nitrogen and oxygen atoms in total. The molecule has 1 saturated heterocycles. The number of rotatable bonds is 8. The number of aryl methyl sites for hydroxylation is 1. The molecule has 2 heterocycles. The Morgan fingerprint density at radius 3 is 2.48 bits per heavy atom. The number of likely N-dealkylation sites (tertiary alicyclic amines) is 1. The topological polar surface area (TPSA) is 121 Å². The third-order valence-electron chi connectivity index (χ3n) is 5.88. The maximum Gasteiger partial charge on any atom is 0.337 e. The van der Waals surface area contributed by atoms with Crippen LogP contribution in [-0.2, 0) is 26.1 Å². The van der Waals surface area contributed by atoms with E-state index in [1.807, 2.05) is 0 Å². The molecule has 0 radical (unpaired) electrons. The fourth-order valence-electron chi connectivity index (χ4n) is 3.80. The molecule has 0 spiro atoms. The van der Waals surface area contributed by atoms with Crippen molar-refractivity contribution in [2.45, 2.75) is 43.7 Å². The van der Waals surface area contributed by atoms with Crippen LogP contribution in [0.3, 0.4) is 0 Å². The van der Waals surface area contributed by atoms with Crippen molar-refractivity contribution in [2.24, 2.45) is 5.92 Å². The maximum absolute atomic E-state index is 13.3. The van der Waals surface area contributed by atoms with E-state index in [9.17, 15) is 23.3 Å². The number of hydrogen-bond donors (Lipinski definition) is 1. The van der Waals surface area contributed by atoms with Crippen molar-refractivity contribution in [3.8, 4) is 6.07 Å². The largest absolute Gasteiger partial charge is 0.465 e. The molecule has 0 aliphatic carbocycles. The SMILES string of the molecule is COC(=O)c1ccc(S(=O)(=O)NC(CCn2cccc2C#N)C(=O)N2CCC(C)CC2)cc1. The number of esters is 1. The van der Waals surface area contributed by atoms with Gasteiger partial charge >= 0.3 is 5.97 Å². The molecule has 2 aromatic rings. The Labute approximate surface area is 194 Å². The number of piperidine rings is 1. The number of amides is 1. The first-order valence-corrected chi connectivity index (χ1v) is 12.3. The lowest BCUT2D eigenvalue weighted by Gasteiger charge is -2.33. The van der Waals surface area contributed by atoms with E-state index in [1.165, 1.54) is 31.4 Å². The highest BCUT2D eigenvalue weighted by atomic mass is 32.2. The molecule has 1 N–H and O–H groups in total. The summed E-state index contributed by atoms with van der Waals surface area (Å²) in [6.45, 7) is 3.60. The first-order chi connectivity index (χ1) is 15.7. The van der Waals surface area contributed by atoms with E-state index >= 15 is 0 Å². The minimum absolute atomic E-state index is 0.0566. The zero-order chi connectivity index (χ0) is 24.0. The Hall–Kier alpha value is -3.16. The van der Waals surface area contributed by atoms with Gasteiger partial charge in [-0.2, -0.15) is 9.98 Å². The Kier molecular flexibility index (Phi) is 7.89. The average Bonchev–Trinajstić information content (AvgIpc) is 3.29. The summed E-state index contributed by atoms with van der Waals surface area (Å²) in [5, 5.41) is 9.23. The summed E-state index contributed by atoms with van der Waals surface area (Å²) in [5.74, 6) is -0.322. The molecule has 1 aromatic heterocycles. The van der Waals surface area contributed by atoms with Gasteiger partial charge in [0, 0.05) is 25.8 Å². The molecular formula is C23H28N4O5S. The lowest BCUT2D eigenvalue weighted by molar-refractivity contribution is -0.134. The van der Waals surface area contributed by atoms with Crippen LogP contribution in [0.4, 0.5) is 0 Å². The van der Waals surface area contributed by atoms with Crippen LogP contribution in [0.25, 0.3) is 0 Å². The van der Waals surface area contributed by atoms with Gasteiger partial charge in [-0.1, -0.05) is 6.92 Å². The van der Waals surface area contributed by atoms with E-state index in [2.05, 4.69) is 22.5 Å². The van der Waals surface area contributed by atoms with Crippen LogP contribution in [-0.4, -0.2) is 56.0 Å². The standard InChI is InChI=1S/C23H28N4O5S/c1-17-9-13-27(14-10-17)22(28)21(11-15-26-12-3-4-19(26)16-24)25-33(30,31)20-7-5-18(6-8-20)23(29)32-2/h3-8,12,17,21,25H,9-11,13-15H2,1-2H3. The highest BCUT2D eigenvalue weighted by Gasteiger charge is 2.31. The number of carbonyl (C=O) groups is 2. The minimum atomic E-state index is -4.03. The summed E-state index contributed by atoms with van der Waals surface area (Å²) in [6.07, 6.45) is 3.66. The van der Waals surface area contributed by atoms with Crippen LogP contribution < -0.4 is 4.72 Å². The third kappa shape index (κ3) is 6.00. The summed E-state index contributed by atoms with van der Waals surface area (Å²) in [7, 11) is -2.79. The molecule has 0 saturated carbocycles. The van der Waals surface area contributed by atoms with Gasteiger partial charge in [-0.15, -0.1) is 0 Å². The molecule has 3 rings (SSSR count). The second kappa shape index (κ2) is 10.6. The molecule has 33 heavy (non-hydrogen) atoms. The number of aromatic nitrogens is 1. The normalized spacial score (nSPS) is 15.6. The summed E-state index contributed by atoms with van der Waals surface area (Å²) in [5.41, 5.74) is 0.664. The number of nitriles is 1. The number of nitrogens with one attached hydrogen (secondary N) is 1. The Morgan fingerprint density at radius 2 is 1.88 bits per heavy atom. The zero-order valence-corrected chi connectivity index (χ0v) is 19.5. The molecule has 1 amide bonds. The van der Waals surface area contributed by atoms with Crippen LogP contribution >= 0.6 is 0 Å². The third-order valence-corrected chi connectivity index (χ3v) is 7.37. The van der Waals surface area contributed by atoms with Crippen LogP contribution in [0.2, 0.25) is 0 Å². The summed E-state index contributed by atoms with van der Waals surface area (Å²) in [6, 6.07) is 9.82. The predicted octanol–water partition coefficient (Wildman–Crippen LogP) is 2.14.